The summed E-state index contributed by atoms with van der Waals surface area (Å²) in [7, 11) is 0. The summed E-state index contributed by atoms with van der Waals surface area (Å²) in [5.74, 6) is -1.00. The van der Waals surface area contributed by atoms with Crippen LogP contribution in [0.1, 0.15) is 17.8 Å². The van der Waals surface area contributed by atoms with Crippen LogP contribution in [-0.4, -0.2) is 17.2 Å². The third kappa shape index (κ3) is 2.89. The zero-order valence-corrected chi connectivity index (χ0v) is 6.02. The summed E-state index contributed by atoms with van der Waals surface area (Å²) >= 11 is 0. The molecule has 0 bridgehead atoms. The lowest BCUT2D eigenvalue weighted by atomic mass is 10.2. The number of hydrogen-bond donors (Lipinski definition) is 1. The fourth-order valence-electron chi connectivity index (χ4n) is 0.731. The first-order valence-electron chi connectivity index (χ1n) is 3.15. The first-order chi connectivity index (χ1) is 5.74. The summed E-state index contributed by atoms with van der Waals surface area (Å²) in [6.07, 6.45) is 1.36. The van der Waals surface area contributed by atoms with Crippen molar-refractivity contribution in [2.75, 3.05) is 0 Å². The second kappa shape index (κ2) is 4.85. The molecule has 0 spiro atoms. The Hall–Kier alpha value is -1.93. The molecule has 68 valence electrons. The summed E-state index contributed by atoms with van der Waals surface area (Å²) in [6, 6.07) is 5.62. The third-order valence-corrected chi connectivity index (χ3v) is 1.29. The topological polar surface area (TPSA) is 66.7 Å². The number of carboxylic acids is 1. The van der Waals surface area contributed by atoms with Crippen LogP contribution in [0, 0.1) is 0 Å². The van der Waals surface area contributed by atoms with Gasteiger partial charge in [-0.25, -0.2) is 9.59 Å². The first kappa shape index (κ1) is 11.1. The van der Waals surface area contributed by atoms with Gasteiger partial charge in [-0.15, -0.1) is 0 Å². The molecule has 0 saturated heterocycles. The van der Waals surface area contributed by atoms with E-state index in [1.807, 2.05) is 0 Å². The Labute approximate surface area is 75.5 Å². The fourth-order valence-corrected chi connectivity index (χ4v) is 0.731. The van der Waals surface area contributed by atoms with E-state index in [0.717, 1.165) is 0 Å². The predicted molar refractivity (Wildman–Crippen MR) is 47.9 cm³/mol. The van der Waals surface area contributed by atoms with Gasteiger partial charge >= 0.3 is 5.97 Å². The maximum atomic E-state index is 10.4. The molecule has 1 aromatic carbocycles. The Kier molecular flexibility index (Phi) is 4.13. The van der Waals surface area contributed by atoms with E-state index in [1.54, 1.807) is 0 Å². The lowest BCUT2D eigenvalue weighted by Gasteiger charge is -1.92. The van der Waals surface area contributed by atoms with Crippen molar-refractivity contribution in [3.05, 3.63) is 29.8 Å². The standard InChI is InChI=1S/C8H5NO3.CH4/c10-5-9-7-3-1-6(2-4-7)8(11)12;/h1-4H,(H,11,12);1H4. The van der Waals surface area contributed by atoms with Crippen LogP contribution in [0.4, 0.5) is 5.69 Å². The maximum absolute atomic E-state index is 10.4. The molecule has 0 saturated carbocycles. The molecule has 4 heteroatoms. The number of isocyanates is 1. The average Bonchev–Trinajstić information content (AvgIpc) is 2.06. The number of carbonyl (C=O) groups is 1. The van der Waals surface area contributed by atoms with Crippen molar-refractivity contribution in [3.8, 4) is 0 Å². The molecule has 4 nitrogen and oxygen atoms in total. The van der Waals surface area contributed by atoms with Crippen LogP contribution in [0.15, 0.2) is 29.3 Å². The van der Waals surface area contributed by atoms with Gasteiger partial charge in [-0.3, -0.25) is 0 Å². The number of aliphatic imine (C=N–C) groups is 1. The summed E-state index contributed by atoms with van der Waals surface area (Å²) in [6.45, 7) is 0. The second-order valence-electron chi connectivity index (χ2n) is 2.06. The van der Waals surface area contributed by atoms with Gasteiger partial charge in [0.15, 0.2) is 0 Å². The van der Waals surface area contributed by atoms with Crippen molar-refractivity contribution in [2.45, 2.75) is 7.43 Å². The Balaban J connectivity index is 0.00000144. The van der Waals surface area contributed by atoms with Gasteiger partial charge < -0.3 is 5.11 Å². The third-order valence-electron chi connectivity index (χ3n) is 1.29. The van der Waals surface area contributed by atoms with Crippen molar-refractivity contribution in [2.24, 2.45) is 4.99 Å². The SMILES string of the molecule is C.O=C=Nc1ccc(C(=O)O)cc1. The minimum absolute atomic E-state index is 0. The molecule has 1 N–H and O–H groups in total. The Morgan fingerprint density at radius 3 is 2.23 bits per heavy atom. The summed E-state index contributed by atoms with van der Waals surface area (Å²) in [5, 5.41) is 8.50. The lowest BCUT2D eigenvalue weighted by molar-refractivity contribution is 0.0697. The number of carboxylic acid groups (broad SMARTS) is 1. The molecule has 0 amide bonds. The highest BCUT2D eigenvalue weighted by atomic mass is 16.4. The van der Waals surface area contributed by atoms with E-state index in [2.05, 4.69) is 4.99 Å². The van der Waals surface area contributed by atoms with Crippen LogP contribution >= 0.6 is 0 Å². The summed E-state index contributed by atoms with van der Waals surface area (Å²) in [5.41, 5.74) is 0.565. The van der Waals surface area contributed by atoms with Gasteiger partial charge in [-0.2, -0.15) is 4.99 Å². The van der Waals surface area contributed by atoms with Crippen LogP contribution in [0.3, 0.4) is 0 Å². The molecule has 1 aromatic rings. The molecule has 0 atom stereocenters. The average molecular weight is 179 g/mol. The maximum Gasteiger partial charge on any atom is 0.335 e. The zero-order chi connectivity index (χ0) is 8.97. The summed E-state index contributed by atoms with van der Waals surface area (Å²) in [4.78, 5) is 23.5. The van der Waals surface area contributed by atoms with Gasteiger partial charge in [0.2, 0.25) is 6.08 Å². The largest absolute Gasteiger partial charge is 0.478 e. The van der Waals surface area contributed by atoms with Gasteiger partial charge in [0, 0.05) is 0 Å². The monoisotopic (exact) mass is 179 g/mol. The van der Waals surface area contributed by atoms with Gasteiger partial charge in [-0.1, -0.05) is 7.43 Å². The van der Waals surface area contributed by atoms with Gasteiger partial charge in [0.1, 0.15) is 0 Å². The Bertz CT molecular complexity index is 315. The van der Waals surface area contributed by atoms with E-state index in [4.69, 9.17) is 5.11 Å². The number of aromatic carboxylic acids is 1. The van der Waals surface area contributed by atoms with Crippen molar-refractivity contribution in [1.82, 2.24) is 0 Å². The number of rotatable bonds is 2. The first-order valence-corrected chi connectivity index (χ1v) is 3.15. The molecule has 0 aliphatic carbocycles. The van der Waals surface area contributed by atoms with Crippen LogP contribution in [0.25, 0.3) is 0 Å². The number of hydrogen-bond acceptors (Lipinski definition) is 3. The van der Waals surface area contributed by atoms with Crippen molar-refractivity contribution in [3.63, 3.8) is 0 Å². The molecular weight excluding hydrogens is 170 g/mol. The molecule has 1 rings (SSSR count). The Morgan fingerprint density at radius 2 is 1.85 bits per heavy atom. The highest BCUT2D eigenvalue weighted by Gasteiger charge is 1.99. The minimum Gasteiger partial charge on any atom is -0.478 e. The molecule has 0 aliphatic heterocycles. The van der Waals surface area contributed by atoms with Crippen molar-refractivity contribution in [1.29, 1.82) is 0 Å². The molecule has 0 aliphatic rings. The van der Waals surface area contributed by atoms with E-state index in [9.17, 15) is 9.59 Å². The lowest BCUT2D eigenvalue weighted by Crippen LogP contribution is -1.93. The van der Waals surface area contributed by atoms with Crippen molar-refractivity contribution < 1.29 is 14.7 Å². The molecule has 0 heterocycles. The normalized spacial score (nSPS) is 8.00. The van der Waals surface area contributed by atoms with Crippen molar-refractivity contribution >= 4 is 17.7 Å². The van der Waals surface area contributed by atoms with E-state index in [1.165, 1.54) is 30.3 Å². The number of nitrogens with zero attached hydrogens (tertiary/aromatic N) is 1. The fraction of sp³-hybridized carbons (Fsp3) is 0.111. The molecule has 0 fully saturated rings. The van der Waals surface area contributed by atoms with Crippen LogP contribution < -0.4 is 0 Å². The summed E-state index contributed by atoms with van der Waals surface area (Å²) < 4.78 is 0. The highest BCUT2D eigenvalue weighted by Crippen LogP contribution is 2.11. The smallest absolute Gasteiger partial charge is 0.335 e. The van der Waals surface area contributed by atoms with Gasteiger partial charge in [0.25, 0.3) is 0 Å². The molecule has 0 radical (unpaired) electrons. The zero-order valence-electron chi connectivity index (χ0n) is 6.02. The quantitative estimate of drug-likeness (QED) is 0.557. The molecule has 0 aromatic heterocycles. The van der Waals surface area contributed by atoms with E-state index >= 15 is 0 Å². The van der Waals surface area contributed by atoms with Gasteiger partial charge in [0.05, 0.1) is 11.3 Å². The predicted octanol–water partition coefficient (Wildman–Crippen LogP) is 1.99. The van der Waals surface area contributed by atoms with Crippen LogP contribution in [0.5, 0.6) is 0 Å². The molecule has 0 unspecified atom stereocenters. The Morgan fingerprint density at radius 1 is 1.31 bits per heavy atom. The number of benzene rings is 1. The van der Waals surface area contributed by atoms with Crippen LogP contribution in [0.2, 0.25) is 0 Å². The second-order valence-corrected chi connectivity index (χ2v) is 2.06. The molecule has 13 heavy (non-hydrogen) atoms. The van der Waals surface area contributed by atoms with E-state index < -0.39 is 5.97 Å². The number of carbonyl (C=O) groups excluding carboxylic acids is 1. The minimum atomic E-state index is -1.00. The van der Waals surface area contributed by atoms with Crippen LogP contribution in [-0.2, 0) is 4.79 Å². The van der Waals surface area contributed by atoms with E-state index in [-0.39, 0.29) is 13.0 Å². The van der Waals surface area contributed by atoms with Gasteiger partial charge in [-0.05, 0) is 24.3 Å². The molecular formula is C9H9NO3. The van der Waals surface area contributed by atoms with E-state index in [0.29, 0.717) is 5.69 Å². The highest BCUT2D eigenvalue weighted by molar-refractivity contribution is 5.87.